The highest BCUT2D eigenvalue weighted by Gasteiger charge is 2.34. The van der Waals surface area contributed by atoms with Gasteiger partial charge in [-0.1, -0.05) is 48.0 Å². The fraction of sp³-hybridized carbons (Fsp3) is 0.482. The molecule has 73 heavy (non-hydrogen) atoms. The zero-order valence-electron chi connectivity index (χ0n) is 41.6. The number of urea groups is 1. The number of carbonyl (C=O) groups excluding carboxylic acids is 5. The summed E-state index contributed by atoms with van der Waals surface area (Å²) in [4.78, 5) is 70.2. The number of methoxy groups -OCH3 is 1. The first-order valence-corrected chi connectivity index (χ1v) is 26.4. The van der Waals surface area contributed by atoms with Crippen molar-refractivity contribution in [2.75, 3.05) is 71.0 Å². The molecular formula is C56H67ClFN7O8. The molecule has 0 spiro atoms. The van der Waals surface area contributed by atoms with E-state index < -0.39 is 17.8 Å². The summed E-state index contributed by atoms with van der Waals surface area (Å²) in [5.74, 6) is -0.912. The van der Waals surface area contributed by atoms with Crippen molar-refractivity contribution in [3.05, 3.63) is 112 Å². The smallest absolute Gasteiger partial charge is 0.328 e. The number of primary amides is 1. The molecule has 6 amide bonds. The number of piperidine rings is 2. The Morgan fingerprint density at radius 1 is 0.849 bits per heavy atom. The third-order valence-electron chi connectivity index (χ3n) is 15.5. The molecule has 4 heterocycles. The molecule has 15 nitrogen and oxygen atoms in total. The molecule has 2 atom stereocenters. The number of benzene rings is 4. The monoisotopic (exact) mass is 1020 g/mol. The lowest BCUT2D eigenvalue weighted by atomic mass is 9.83. The highest BCUT2D eigenvalue weighted by molar-refractivity contribution is 6.33. The van der Waals surface area contributed by atoms with Crippen molar-refractivity contribution in [1.29, 1.82) is 0 Å². The Morgan fingerprint density at radius 2 is 1.60 bits per heavy atom. The van der Waals surface area contributed by atoms with Gasteiger partial charge in [0.15, 0.2) is 11.6 Å². The molecule has 4 aromatic carbocycles. The second-order valence-corrected chi connectivity index (χ2v) is 20.6. The maximum absolute atomic E-state index is 16.4. The molecule has 4 aromatic rings. The maximum Gasteiger partial charge on any atom is 0.328 e. The van der Waals surface area contributed by atoms with Crippen LogP contribution >= 0.6 is 11.6 Å². The minimum absolute atomic E-state index is 0.00338. The van der Waals surface area contributed by atoms with Crippen molar-refractivity contribution in [3.63, 3.8) is 0 Å². The van der Waals surface area contributed by atoms with Gasteiger partial charge in [0, 0.05) is 104 Å². The topological polar surface area (TPSA) is 185 Å². The zero-order chi connectivity index (χ0) is 51.0. The van der Waals surface area contributed by atoms with Crippen molar-refractivity contribution >= 4 is 46.9 Å². The predicted octanol–water partition coefficient (Wildman–Crippen LogP) is 7.67. The highest BCUT2D eigenvalue weighted by atomic mass is 35.5. The number of amides is 6. The molecule has 17 heteroatoms. The van der Waals surface area contributed by atoms with Gasteiger partial charge in [0.25, 0.3) is 5.91 Å². The van der Waals surface area contributed by atoms with E-state index in [2.05, 4.69) is 37.9 Å². The Kier molecular flexibility index (Phi) is 16.9. The van der Waals surface area contributed by atoms with Gasteiger partial charge in [0.1, 0.15) is 12.4 Å². The van der Waals surface area contributed by atoms with Crippen molar-refractivity contribution in [1.82, 2.24) is 25.8 Å². The van der Waals surface area contributed by atoms with Gasteiger partial charge >= 0.3 is 6.03 Å². The number of ether oxygens (including phenoxy) is 3. The molecular weight excluding hydrogens is 953 g/mol. The van der Waals surface area contributed by atoms with E-state index in [1.807, 2.05) is 30.3 Å². The molecule has 4 aliphatic heterocycles. The van der Waals surface area contributed by atoms with Crippen LogP contribution in [0.3, 0.4) is 0 Å². The van der Waals surface area contributed by atoms with Crippen LogP contribution in [-0.2, 0) is 14.3 Å². The van der Waals surface area contributed by atoms with Gasteiger partial charge in [0.05, 0.1) is 24.5 Å². The standard InChI is InChI=1S/C56H67ClFN7O8/c1-71-48-17-12-39(31-47(48)65-28-23-50(66)62-56(65)70)54(68)61-41-21-24-63(25-22-41)33-35-19-26-64(27-20-35)55(69)37-9-13-40(14-10-37)60-32-45(36-6-3-2-4-7-36)38-11-16-46(57)44(30-38)51-43(53(59)67)15-18-49(52(51)58)73-34-42-8-5-29-72-42/h2-4,6-7,11-12,15-18,30-31,35,37,40-42,45,60H,5,8-10,13-14,19-29,32-34H2,1H3,(H2,59,67)(H,61,68)(H,62,66,70)/t37?,40?,42-,45?/m0/s1. The fourth-order valence-electron chi connectivity index (χ4n) is 11.3. The van der Waals surface area contributed by atoms with E-state index in [4.69, 9.17) is 31.5 Å². The molecule has 4 saturated heterocycles. The molecule has 5 aliphatic rings. The number of nitrogens with two attached hydrogens (primary N) is 1. The van der Waals surface area contributed by atoms with E-state index in [-0.39, 0.29) is 89.2 Å². The van der Waals surface area contributed by atoms with Gasteiger partial charge in [0.2, 0.25) is 17.7 Å². The second kappa shape index (κ2) is 23.9. The van der Waals surface area contributed by atoms with Crippen molar-refractivity contribution in [2.45, 2.75) is 94.7 Å². The molecule has 1 saturated carbocycles. The van der Waals surface area contributed by atoms with Gasteiger partial charge in [-0.15, -0.1) is 0 Å². The first-order chi connectivity index (χ1) is 35.4. The van der Waals surface area contributed by atoms with Crippen LogP contribution in [0.2, 0.25) is 5.02 Å². The van der Waals surface area contributed by atoms with E-state index in [0.717, 1.165) is 108 Å². The molecule has 0 aromatic heterocycles. The summed E-state index contributed by atoms with van der Waals surface area (Å²) < 4.78 is 33.5. The Bertz CT molecular complexity index is 2630. The summed E-state index contributed by atoms with van der Waals surface area (Å²) in [6.45, 7) is 5.92. The molecule has 0 radical (unpaired) electrons. The molecule has 5 N–H and O–H groups in total. The van der Waals surface area contributed by atoms with Gasteiger partial charge in [-0.05, 0) is 124 Å². The average molecular weight is 1020 g/mol. The number of nitrogens with one attached hydrogen (secondary N) is 3. The number of imide groups is 1. The van der Waals surface area contributed by atoms with E-state index in [9.17, 15) is 24.0 Å². The third kappa shape index (κ3) is 12.5. The van der Waals surface area contributed by atoms with E-state index >= 15 is 4.39 Å². The molecule has 1 unspecified atom stereocenters. The third-order valence-corrected chi connectivity index (χ3v) is 15.9. The number of likely N-dealkylation sites (tertiary alicyclic amines) is 2. The zero-order valence-corrected chi connectivity index (χ0v) is 42.3. The SMILES string of the molecule is COc1ccc(C(=O)NC2CCN(CC3CCN(C(=O)C4CCC(NCC(c5ccccc5)c5ccc(Cl)c(-c6c(C(N)=O)ccc(OC[C@@H]7CCCO7)c6F)c5)CC4)CC3)CC2)cc1N1CCC(=O)NC1=O. The van der Waals surface area contributed by atoms with Crippen LogP contribution in [0.1, 0.15) is 108 Å². The summed E-state index contributed by atoms with van der Waals surface area (Å²) >= 11 is 6.81. The van der Waals surface area contributed by atoms with Crippen LogP contribution in [0.5, 0.6) is 11.5 Å². The number of halogens is 2. The highest BCUT2D eigenvalue weighted by Crippen LogP contribution is 2.40. The van der Waals surface area contributed by atoms with E-state index in [1.165, 1.54) is 24.1 Å². The summed E-state index contributed by atoms with van der Waals surface area (Å²) in [5.41, 5.74) is 9.02. The average Bonchev–Trinajstić information content (AvgIpc) is 3.94. The number of anilines is 1. The minimum Gasteiger partial charge on any atom is -0.495 e. The summed E-state index contributed by atoms with van der Waals surface area (Å²) in [5, 5.41) is 9.61. The Hall–Kier alpha value is -6.07. The molecule has 1 aliphatic carbocycles. The normalized spacial score (nSPS) is 21.7. The summed E-state index contributed by atoms with van der Waals surface area (Å²) in [7, 11) is 1.50. The summed E-state index contributed by atoms with van der Waals surface area (Å²) in [6, 6.07) is 23.3. The van der Waals surface area contributed by atoms with Gasteiger partial charge in [-0.25, -0.2) is 9.18 Å². The number of nitrogens with zero attached hydrogens (tertiary/aromatic N) is 3. The number of hydrogen-bond donors (Lipinski definition) is 4. The second-order valence-electron chi connectivity index (χ2n) is 20.2. The van der Waals surface area contributed by atoms with Crippen LogP contribution in [0.15, 0.2) is 78.9 Å². The lowest BCUT2D eigenvalue weighted by molar-refractivity contribution is -0.138. The van der Waals surface area contributed by atoms with Crippen LogP contribution in [0.25, 0.3) is 11.1 Å². The predicted molar refractivity (Wildman–Crippen MR) is 277 cm³/mol. The first-order valence-electron chi connectivity index (χ1n) is 26.0. The first kappa shape index (κ1) is 51.8. The Labute approximate surface area is 431 Å². The van der Waals surface area contributed by atoms with Crippen molar-refractivity contribution < 1.29 is 42.6 Å². The number of rotatable bonds is 17. The quantitative estimate of drug-likeness (QED) is 0.0819. The van der Waals surface area contributed by atoms with Crippen LogP contribution in [0.4, 0.5) is 14.9 Å². The molecule has 5 fully saturated rings. The maximum atomic E-state index is 16.4. The van der Waals surface area contributed by atoms with Crippen LogP contribution < -0.4 is 36.1 Å². The molecule has 9 rings (SSSR count). The van der Waals surface area contributed by atoms with Crippen LogP contribution in [-0.4, -0.2) is 124 Å². The van der Waals surface area contributed by atoms with Gasteiger partial charge < -0.3 is 40.4 Å². The number of carbonyl (C=O) groups is 5. The van der Waals surface area contributed by atoms with E-state index in [1.54, 1.807) is 24.3 Å². The molecule has 388 valence electrons. The van der Waals surface area contributed by atoms with Gasteiger partial charge in [-0.3, -0.25) is 29.4 Å². The Morgan fingerprint density at radius 3 is 2.30 bits per heavy atom. The largest absolute Gasteiger partial charge is 0.495 e. The van der Waals surface area contributed by atoms with Crippen molar-refractivity contribution in [3.8, 4) is 22.6 Å². The van der Waals surface area contributed by atoms with Gasteiger partial charge in [-0.2, -0.15) is 0 Å². The van der Waals surface area contributed by atoms with Crippen molar-refractivity contribution in [2.24, 2.45) is 17.6 Å². The summed E-state index contributed by atoms with van der Waals surface area (Å²) in [6.07, 6.45) is 8.81. The molecule has 0 bridgehead atoms. The van der Waals surface area contributed by atoms with E-state index in [0.29, 0.717) is 41.6 Å². The number of hydrogen-bond acceptors (Lipinski definition) is 10. The Balaban J connectivity index is 0.738. The van der Waals surface area contributed by atoms with Crippen LogP contribution in [0, 0.1) is 17.7 Å². The lowest BCUT2D eigenvalue weighted by Crippen LogP contribution is -2.49. The lowest BCUT2D eigenvalue weighted by Gasteiger charge is -2.39. The minimum atomic E-state index is -0.771. The fourth-order valence-corrected chi connectivity index (χ4v) is 11.5.